The Bertz CT molecular complexity index is 2180. The van der Waals surface area contributed by atoms with Crippen LogP contribution in [0.3, 0.4) is 0 Å². The molecule has 1 aliphatic heterocycles. The molecular formula is C35H17N3. The maximum Gasteiger partial charge on any atom is 0.193 e. The molecule has 3 heterocycles. The van der Waals surface area contributed by atoms with Crippen LogP contribution in [0.2, 0.25) is 0 Å². The summed E-state index contributed by atoms with van der Waals surface area (Å²) in [6.07, 6.45) is 0. The summed E-state index contributed by atoms with van der Waals surface area (Å²) in [5, 5.41) is 15.3. The fourth-order valence-electron chi connectivity index (χ4n) is 8.73. The first-order chi connectivity index (χ1) is 18.8. The molecule has 1 spiro atoms. The zero-order valence-electron chi connectivity index (χ0n) is 20.2. The number of hydrogen-bond donors (Lipinski definition) is 0. The molecule has 5 aromatic carbocycles. The molecule has 0 fully saturated rings. The van der Waals surface area contributed by atoms with Gasteiger partial charge in [0, 0.05) is 49.9 Å². The summed E-state index contributed by atoms with van der Waals surface area (Å²) < 4.78 is 2.42. The highest BCUT2D eigenvalue weighted by Gasteiger charge is 2.66. The molecule has 0 saturated heterocycles. The van der Waals surface area contributed by atoms with E-state index < -0.39 is 0 Å². The molecule has 10 rings (SSSR count). The highest BCUT2D eigenvalue weighted by Crippen LogP contribution is 2.74. The summed E-state index contributed by atoms with van der Waals surface area (Å²) in [6.45, 7) is 8.25. The van der Waals surface area contributed by atoms with Crippen molar-refractivity contribution in [2.24, 2.45) is 0 Å². The third kappa shape index (κ3) is 1.66. The monoisotopic (exact) mass is 479 g/mol. The summed E-state index contributed by atoms with van der Waals surface area (Å²) in [6, 6.07) is 35.1. The summed E-state index contributed by atoms with van der Waals surface area (Å²) in [4.78, 5) is 4.12. The lowest BCUT2D eigenvalue weighted by Crippen LogP contribution is -2.57. The van der Waals surface area contributed by atoms with Crippen LogP contribution in [0, 0.1) is 17.9 Å². The van der Waals surface area contributed by atoms with Crippen LogP contribution < -0.4 is 0 Å². The van der Waals surface area contributed by atoms with E-state index in [1.807, 2.05) is 12.1 Å². The van der Waals surface area contributed by atoms with Crippen LogP contribution in [-0.4, -0.2) is 4.40 Å². The SMILES string of the molecule is [C-]#[N+]c1ccc2c3cccc4c5ccc(C#N)c6c5n(c2c1C1c2ccccc2C12c1ccccc1C62)c43. The van der Waals surface area contributed by atoms with Crippen molar-refractivity contribution in [1.82, 2.24) is 4.40 Å². The number of benzene rings is 5. The molecule has 2 aliphatic carbocycles. The Labute approximate surface area is 217 Å². The second-order valence-corrected chi connectivity index (χ2v) is 11.0. The fraction of sp³-hybridized carbons (Fsp3) is 0.0857. The van der Waals surface area contributed by atoms with Crippen LogP contribution in [0.5, 0.6) is 0 Å². The first kappa shape index (κ1) is 19.1. The van der Waals surface area contributed by atoms with Gasteiger partial charge in [0.2, 0.25) is 0 Å². The Morgan fingerprint density at radius 3 is 1.89 bits per heavy atom. The maximum absolute atomic E-state index is 10.5. The van der Waals surface area contributed by atoms with E-state index in [0.29, 0.717) is 0 Å². The molecule has 38 heavy (non-hydrogen) atoms. The van der Waals surface area contributed by atoms with E-state index in [1.54, 1.807) is 0 Å². The van der Waals surface area contributed by atoms with Crippen molar-refractivity contribution in [1.29, 1.82) is 5.26 Å². The van der Waals surface area contributed by atoms with Gasteiger partial charge >= 0.3 is 0 Å². The molecule has 0 saturated carbocycles. The zero-order valence-corrected chi connectivity index (χ0v) is 20.2. The number of hydrogen-bond acceptors (Lipinski definition) is 1. The Morgan fingerprint density at radius 2 is 1.24 bits per heavy atom. The Balaban J connectivity index is 1.59. The molecule has 3 aliphatic rings. The minimum Gasteiger partial charge on any atom is -0.309 e. The Kier molecular flexibility index (Phi) is 2.95. The van der Waals surface area contributed by atoms with Gasteiger partial charge in [-0.3, -0.25) is 0 Å². The van der Waals surface area contributed by atoms with Crippen molar-refractivity contribution in [3.63, 3.8) is 0 Å². The molecule has 3 atom stereocenters. The van der Waals surface area contributed by atoms with Crippen LogP contribution in [0.1, 0.15) is 50.8 Å². The van der Waals surface area contributed by atoms with Crippen LogP contribution in [0.25, 0.3) is 42.9 Å². The second-order valence-electron chi connectivity index (χ2n) is 11.0. The third-order valence-corrected chi connectivity index (χ3v) is 9.86. The van der Waals surface area contributed by atoms with Gasteiger partial charge < -0.3 is 4.40 Å². The van der Waals surface area contributed by atoms with Gasteiger partial charge in [-0.2, -0.15) is 5.26 Å². The van der Waals surface area contributed by atoms with Gasteiger partial charge in [-0.1, -0.05) is 84.9 Å². The van der Waals surface area contributed by atoms with Gasteiger partial charge in [-0.05, 0) is 33.9 Å². The molecule has 0 N–H and O–H groups in total. The quantitative estimate of drug-likeness (QED) is 0.202. The van der Waals surface area contributed by atoms with Crippen molar-refractivity contribution in [2.45, 2.75) is 17.3 Å². The van der Waals surface area contributed by atoms with Crippen molar-refractivity contribution < 1.29 is 0 Å². The summed E-state index contributed by atoms with van der Waals surface area (Å²) in [5.74, 6) is 0.0799. The first-order valence-electron chi connectivity index (χ1n) is 13.0. The predicted octanol–water partition coefficient (Wildman–Crippen LogP) is 8.15. The Morgan fingerprint density at radius 1 is 0.658 bits per heavy atom. The lowest BCUT2D eigenvalue weighted by atomic mass is 9.38. The van der Waals surface area contributed by atoms with E-state index in [0.717, 1.165) is 33.4 Å². The molecule has 3 unspecified atom stereocenters. The largest absolute Gasteiger partial charge is 0.309 e. The maximum atomic E-state index is 10.5. The van der Waals surface area contributed by atoms with Crippen LogP contribution >= 0.6 is 0 Å². The Hall–Kier alpha value is -5.12. The first-order valence-corrected chi connectivity index (χ1v) is 13.0. The molecule has 3 nitrogen and oxygen atoms in total. The van der Waals surface area contributed by atoms with E-state index >= 15 is 0 Å². The van der Waals surface area contributed by atoms with Crippen LogP contribution in [0.15, 0.2) is 91.0 Å². The van der Waals surface area contributed by atoms with Crippen LogP contribution in [0.4, 0.5) is 5.69 Å². The molecule has 0 amide bonds. The van der Waals surface area contributed by atoms with E-state index in [4.69, 9.17) is 6.57 Å². The van der Waals surface area contributed by atoms with Crippen molar-refractivity contribution in [2.75, 3.05) is 0 Å². The summed E-state index contributed by atoms with van der Waals surface area (Å²) >= 11 is 0. The van der Waals surface area contributed by atoms with Gasteiger partial charge in [0.25, 0.3) is 0 Å². The molecule has 0 bridgehead atoms. The minimum absolute atomic E-state index is 0.0388. The average molecular weight is 480 g/mol. The normalized spacial score (nSPS) is 21.7. The van der Waals surface area contributed by atoms with E-state index in [-0.39, 0.29) is 17.3 Å². The molecule has 0 radical (unpaired) electrons. The zero-order chi connectivity index (χ0) is 24.9. The standard InChI is InChI=1S/C35H17N3/c1-37-27-16-15-22-20-10-6-9-19-21-14-13-18(17-36)28-30-23-7-2-4-11-25(23)35(30)26-12-5-3-8-24(26)31(35)29(27)34(22)38(32(19)20)33(21)28/h2-16,30-31H. The molecule has 3 heteroatoms. The lowest BCUT2D eigenvalue weighted by Gasteiger charge is -2.64. The van der Waals surface area contributed by atoms with E-state index in [1.165, 1.54) is 49.3 Å². The summed E-state index contributed by atoms with van der Waals surface area (Å²) in [7, 11) is 0. The van der Waals surface area contributed by atoms with Gasteiger partial charge in [0.1, 0.15) is 0 Å². The molecule has 2 aromatic heterocycles. The number of aromatic nitrogens is 1. The van der Waals surface area contributed by atoms with E-state index in [2.05, 4.69) is 94.2 Å². The van der Waals surface area contributed by atoms with Gasteiger partial charge in [0.05, 0.1) is 29.2 Å². The van der Waals surface area contributed by atoms with Crippen molar-refractivity contribution >= 4 is 43.8 Å². The number of nitriles is 1. The predicted molar refractivity (Wildman–Crippen MR) is 149 cm³/mol. The summed E-state index contributed by atoms with van der Waals surface area (Å²) in [5.41, 5.74) is 12.2. The van der Waals surface area contributed by atoms with E-state index in [9.17, 15) is 5.26 Å². The van der Waals surface area contributed by atoms with Gasteiger partial charge in [-0.15, -0.1) is 0 Å². The number of para-hydroxylation sites is 1. The number of fused-ring (bicyclic) bond motifs is 8. The topological polar surface area (TPSA) is 32.6 Å². The molecule has 172 valence electrons. The van der Waals surface area contributed by atoms with Crippen molar-refractivity contribution in [3.8, 4) is 6.07 Å². The van der Waals surface area contributed by atoms with Crippen molar-refractivity contribution in [3.05, 3.63) is 141 Å². The second kappa shape index (κ2) is 5.88. The van der Waals surface area contributed by atoms with Crippen LogP contribution in [-0.2, 0) is 5.41 Å². The molecular weight excluding hydrogens is 462 g/mol. The third-order valence-electron chi connectivity index (χ3n) is 9.86. The smallest absolute Gasteiger partial charge is 0.193 e. The molecule has 7 aromatic rings. The van der Waals surface area contributed by atoms with Gasteiger partial charge in [-0.25, -0.2) is 4.85 Å². The average Bonchev–Trinajstić information content (AvgIpc) is 3.46. The number of rotatable bonds is 0. The fourth-order valence-corrected chi connectivity index (χ4v) is 8.73. The highest BCUT2D eigenvalue weighted by atomic mass is 14.9. The number of nitrogens with zero attached hydrogens (tertiary/aromatic N) is 3. The highest BCUT2D eigenvalue weighted by molar-refractivity contribution is 6.25. The van der Waals surface area contributed by atoms with Gasteiger partial charge in [0.15, 0.2) is 5.69 Å². The lowest BCUT2D eigenvalue weighted by molar-refractivity contribution is 0.298. The minimum atomic E-state index is -0.302.